The summed E-state index contributed by atoms with van der Waals surface area (Å²) in [5.74, 6) is -0.526. The van der Waals surface area contributed by atoms with E-state index in [1.54, 1.807) is 18.2 Å². The highest BCUT2D eigenvalue weighted by atomic mass is 32.2. The molecule has 1 aliphatic rings. The zero-order chi connectivity index (χ0) is 19.0. The second kappa shape index (κ2) is 9.70. The Morgan fingerprint density at radius 2 is 2.12 bits per heavy atom. The standard InChI is InChI=1S/C16H25FN4O4S/c17-14-5-1-2-6-15(14)21-8-3-4-13(12-21)20-16(22)19-7-9-25-10-11-26(18,23)24/h1-2,5-6,13H,3-4,7-12H2,(H2,18,23,24)(H2,19,20,22)/t13-/m0/s1. The van der Waals surface area contributed by atoms with Crippen LogP contribution in [0.25, 0.3) is 0 Å². The number of amides is 2. The zero-order valence-corrected chi connectivity index (χ0v) is 15.3. The summed E-state index contributed by atoms with van der Waals surface area (Å²) >= 11 is 0. The van der Waals surface area contributed by atoms with Crippen LogP contribution in [0.3, 0.4) is 0 Å². The number of carbonyl (C=O) groups is 1. The Morgan fingerprint density at radius 3 is 2.85 bits per heavy atom. The lowest BCUT2D eigenvalue weighted by Gasteiger charge is -2.34. The van der Waals surface area contributed by atoms with Gasteiger partial charge in [-0.05, 0) is 25.0 Å². The Bertz CT molecular complexity index is 701. The third-order valence-corrected chi connectivity index (χ3v) is 4.73. The molecule has 26 heavy (non-hydrogen) atoms. The fraction of sp³-hybridized carbons (Fsp3) is 0.562. The Balaban J connectivity index is 1.68. The highest BCUT2D eigenvalue weighted by Crippen LogP contribution is 2.22. The number of para-hydroxylation sites is 1. The largest absolute Gasteiger partial charge is 0.379 e. The van der Waals surface area contributed by atoms with Crippen LogP contribution < -0.4 is 20.7 Å². The van der Waals surface area contributed by atoms with Gasteiger partial charge in [-0.15, -0.1) is 0 Å². The minimum Gasteiger partial charge on any atom is -0.379 e. The molecule has 0 spiro atoms. The highest BCUT2D eigenvalue weighted by Gasteiger charge is 2.23. The summed E-state index contributed by atoms with van der Waals surface area (Å²) in [6, 6.07) is 6.19. The molecule has 146 valence electrons. The number of halogens is 1. The van der Waals surface area contributed by atoms with Gasteiger partial charge in [-0.25, -0.2) is 22.7 Å². The van der Waals surface area contributed by atoms with Crippen LogP contribution in [0.15, 0.2) is 24.3 Å². The average Bonchev–Trinajstić information content (AvgIpc) is 2.57. The van der Waals surface area contributed by atoms with E-state index in [2.05, 4.69) is 10.6 Å². The predicted octanol–water partition coefficient (Wildman–Crippen LogP) is 0.399. The predicted molar refractivity (Wildman–Crippen MR) is 97.0 cm³/mol. The first-order valence-electron chi connectivity index (χ1n) is 8.47. The summed E-state index contributed by atoms with van der Waals surface area (Å²) in [6.07, 6.45) is 1.68. The van der Waals surface area contributed by atoms with E-state index in [-0.39, 0.29) is 43.4 Å². The molecular weight excluding hydrogens is 363 g/mol. The zero-order valence-electron chi connectivity index (χ0n) is 14.5. The molecule has 2 amide bonds. The highest BCUT2D eigenvalue weighted by molar-refractivity contribution is 7.89. The lowest BCUT2D eigenvalue weighted by Crippen LogP contribution is -2.51. The second-order valence-corrected chi connectivity index (χ2v) is 7.85. The first kappa shape index (κ1) is 20.4. The summed E-state index contributed by atoms with van der Waals surface area (Å²) in [5, 5.41) is 10.4. The van der Waals surface area contributed by atoms with Crippen LogP contribution >= 0.6 is 0 Å². The number of benzene rings is 1. The topological polar surface area (TPSA) is 114 Å². The number of carbonyl (C=O) groups excluding carboxylic acids is 1. The summed E-state index contributed by atoms with van der Waals surface area (Å²) in [6.45, 7) is 1.72. The number of hydrogen-bond acceptors (Lipinski definition) is 5. The van der Waals surface area contributed by atoms with E-state index in [9.17, 15) is 17.6 Å². The third-order valence-electron chi connectivity index (χ3n) is 3.99. The number of nitrogens with two attached hydrogens (primary N) is 1. The number of piperidine rings is 1. The SMILES string of the molecule is NS(=O)(=O)CCOCCNC(=O)N[C@H]1CCCN(c2ccccc2F)C1. The van der Waals surface area contributed by atoms with Crippen molar-refractivity contribution >= 4 is 21.7 Å². The van der Waals surface area contributed by atoms with Crippen molar-refractivity contribution in [3.63, 3.8) is 0 Å². The number of nitrogens with zero attached hydrogens (tertiary/aromatic N) is 1. The minimum absolute atomic E-state index is 0.0116. The first-order chi connectivity index (χ1) is 12.3. The lowest BCUT2D eigenvalue weighted by molar-refractivity contribution is 0.150. The molecule has 0 saturated carbocycles. The Kier molecular flexibility index (Phi) is 7.61. The fourth-order valence-electron chi connectivity index (χ4n) is 2.77. The number of hydrogen-bond donors (Lipinski definition) is 3. The van der Waals surface area contributed by atoms with Gasteiger partial charge in [0.05, 0.1) is 24.7 Å². The maximum atomic E-state index is 13.9. The van der Waals surface area contributed by atoms with Crippen molar-refractivity contribution in [2.45, 2.75) is 18.9 Å². The van der Waals surface area contributed by atoms with E-state index < -0.39 is 10.0 Å². The van der Waals surface area contributed by atoms with Crippen molar-refractivity contribution in [2.75, 3.05) is 43.5 Å². The molecule has 0 radical (unpaired) electrons. The van der Waals surface area contributed by atoms with E-state index in [4.69, 9.17) is 9.88 Å². The van der Waals surface area contributed by atoms with E-state index in [1.807, 2.05) is 4.90 Å². The van der Waals surface area contributed by atoms with Crippen molar-refractivity contribution in [3.8, 4) is 0 Å². The number of anilines is 1. The Hall–Kier alpha value is -1.91. The van der Waals surface area contributed by atoms with Gasteiger partial charge in [-0.3, -0.25) is 0 Å². The molecule has 2 rings (SSSR count). The molecule has 1 fully saturated rings. The second-order valence-electron chi connectivity index (χ2n) is 6.12. The molecule has 4 N–H and O–H groups in total. The summed E-state index contributed by atoms with van der Waals surface area (Å²) in [5.41, 5.74) is 0.544. The normalized spacial score (nSPS) is 17.8. The van der Waals surface area contributed by atoms with Crippen molar-refractivity contribution in [1.82, 2.24) is 10.6 Å². The summed E-state index contributed by atoms with van der Waals surface area (Å²) in [7, 11) is -3.53. The summed E-state index contributed by atoms with van der Waals surface area (Å²) < 4.78 is 40.5. The monoisotopic (exact) mass is 388 g/mol. The molecule has 1 atom stereocenters. The number of ether oxygens (including phenoxy) is 1. The molecule has 1 aromatic carbocycles. The van der Waals surface area contributed by atoms with Crippen LogP contribution in [0.4, 0.5) is 14.9 Å². The van der Waals surface area contributed by atoms with Crippen molar-refractivity contribution in [1.29, 1.82) is 0 Å². The van der Waals surface area contributed by atoms with Gasteiger partial charge in [-0.1, -0.05) is 12.1 Å². The van der Waals surface area contributed by atoms with Crippen LogP contribution in [0, 0.1) is 5.82 Å². The molecule has 0 unspecified atom stereocenters. The first-order valence-corrected chi connectivity index (χ1v) is 10.2. The number of urea groups is 1. The van der Waals surface area contributed by atoms with Gasteiger partial charge in [0.1, 0.15) is 5.82 Å². The lowest BCUT2D eigenvalue weighted by atomic mass is 10.0. The van der Waals surface area contributed by atoms with Gasteiger partial charge in [-0.2, -0.15) is 0 Å². The summed E-state index contributed by atoms with van der Waals surface area (Å²) in [4.78, 5) is 13.9. The number of primary sulfonamides is 1. The number of nitrogens with one attached hydrogen (secondary N) is 2. The molecule has 1 saturated heterocycles. The van der Waals surface area contributed by atoms with E-state index in [1.165, 1.54) is 6.07 Å². The molecule has 8 nitrogen and oxygen atoms in total. The molecule has 10 heteroatoms. The van der Waals surface area contributed by atoms with Crippen LogP contribution in [0.2, 0.25) is 0 Å². The minimum atomic E-state index is -3.53. The maximum Gasteiger partial charge on any atom is 0.315 e. The van der Waals surface area contributed by atoms with Gasteiger partial charge >= 0.3 is 6.03 Å². The molecular formula is C16H25FN4O4S. The van der Waals surface area contributed by atoms with Crippen LogP contribution in [-0.4, -0.2) is 59.1 Å². The van der Waals surface area contributed by atoms with Gasteiger partial charge in [0, 0.05) is 25.7 Å². The van der Waals surface area contributed by atoms with Crippen LogP contribution in [0.1, 0.15) is 12.8 Å². The van der Waals surface area contributed by atoms with Gasteiger partial charge in [0.2, 0.25) is 10.0 Å². The molecule has 0 aromatic heterocycles. The molecule has 0 bridgehead atoms. The Morgan fingerprint density at radius 1 is 1.35 bits per heavy atom. The molecule has 0 aliphatic carbocycles. The molecule has 1 aliphatic heterocycles. The molecule has 1 heterocycles. The number of sulfonamides is 1. The van der Waals surface area contributed by atoms with Gasteiger partial charge in [0.15, 0.2) is 0 Å². The molecule has 1 aromatic rings. The Labute approximate surface area is 152 Å². The third kappa shape index (κ3) is 7.14. The van der Waals surface area contributed by atoms with E-state index in [0.717, 1.165) is 19.4 Å². The van der Waals surface area contributed by atoms with E-state index in [0.29, 0.717) is 12.2 Å². The van der Waals surface area contributed by atoms with Gasteiger partial charge < -0.3 is 20.3 Å². The van der Waals surface area contributed by atoms with Gasteiger partial charge in [0.25, 0.3) is 0 Å². The maximum absolute atomic E-state index is 13.9. The fourth-order valence-corrected chi connectivity index (χ4v) is 3.12. The number of rotatable bonds is 8. The van der Waals surface area contributed by atoms with Crippen molar-refractivity contribution in [2.24, 2.45) is 5.14 Å². The van der Waals surface area contributed by atoms with E-state index >= 15 is 0 Å². The average molecular weight is 388 g/mol. The van der Waals surface area contributed by atoms with Crippen molar-refractivity contribution in [3.05, 3.63) is 30.1 Å². The quantitative estimate of drug-likeness (QED) is 0.558. The van der Waals surface area contributed by atoms with Crippen LogP contribution in [0.5, 0.6) is 0 Å². The van der Waals surface area contributed by atoms with Crippen molar-refractivity contribution < 1.29 is 22.3 Å². The smallest absolute Gasteiger partial charge is 0.315 e. The van der Waals surface area contributed by atoms with Crippen LogP contribution in [-0.2, 0) is 14.8 Å².